The summed E-state index contributed by atoms with van der Waals surface area (Å²) in [5.41, 5.74) is 0. The Bertz CT molecular complexity index is 870. The molecule has 0 saturated carbocycles. The summed E-state index contributed by atoms with van der Waals surface area (Å²) in [6.45, 7) is 0.122. The summed E-state index contributed by atoms with van der Waals surface area (Å²) < 4.78 is 55.5. The van der Waals surface area contributed by atoms with Gasteiger partial charge < -0.3 is 4.42 Å². The smallest absolute Gasteiger partial charge is 0.240 e. The number of sulfonamides is 1. The molecular weight excluding hydrogens is 352 g/mol. The van der Waals surface area contributed by atoms with Crippen molar-refractivity contribution in [2.75, 3.05) is 26.9 Å². The van der Waals surface area contributed by atoms with E-state index in [1.165, 1.54) is 30.5 Å². The minimum atomic E-state index is -3.76. The highest BCUT2D eigenvalue weighted by molar-refractivity contribution is 7.90. The van der Waals surface area contributed by atoms with E-state index in [2.05, 4.69) is 4.72 Å². The van der Waals surface area contributed by atoms with Gasteiger partial charge in [-0.15, -0.1) is 0 Å². The largest absolute Gasteiger partial charge is 0.468 e. The van der Waals surface area contributed by atoms with Crippen LogP contribution in [0, 0.1) is 0 Å². The maximum atomic E-state index is 12.4. The molecule has 0 amide bonds. The molecule has 0 fully saturated rings. The summed E-state index contributed by atoms with van der Waals surface area (Å²) in [4.78, 5) is 1.92. The Kier molecular flexibility index (Phi) is 5.49. The van der Waals surface area contributed by atoms with E-state index >= 15 is 0 Å². The van der Waals surface area contributed by atoms with E-state index in [1.54, 1.807) is 12.1 Å². The highest BCUT2D eigenvalue weighted by Gasteiger charge is 2.21. The zero-order chi connectivity index (χ0) is 18.0. The van der Waals surface area contributed by atoms with E-state index in [9.17, 15) is 16.8 Å². The van der Waals surface area contributed by atoms with Gasteiger partial charge in [0.2, 0.25) is 10.0 Å². The van der Waals surface area contributed by atoms with Crippen molar-refractivity contribution in [1.29, 1.82) is 0 Å². The SMILES string of the molecule is CN(C)C(CNS(=O)(=O)c1ccc(S(C)(=O)=O)cc1)c1ccco1. The molecule has 2 rings (SSSR count). The average Bonchev–Trinajstić information content (AvgIpc) is 3.00. The number of likely N-dealkylation sites (N-methyl/N-ethyl adjacent to an activating group) is 1. The molecule has 9 heteroatoms. The van der Waals surface area contributed by atoms with Gasteiger partial charge in [-0.05, 0) is 50.5 Å². The molecular formula is C15H20N2O5S2. The summed E-state index contributed by atoms with van der Waals surface area (Å²) in [5, 5.41) is 0. The van der Waals surface area contributed by atoms with Gasteiger partial charge in [0.05, 0.1) is 22.1 Å². The lowest BCUT2D eigenvalue weighted by Gasteiger charge is -2.22. The second-order valence-corrected chi connectivity index (χ2v) is 9.37. The third kappa shape index (κ3) is 4.44. The van der Waals surface area contributed by atoms with E-state index in [0.717, 1.165) is 6.26 Å². The first kappa shape index (κ1) is 18.7. The Hall–Kier alpha value is -1.68. The van der Waals surface area contributed by atoms with Crippen LogP contribution in [0.15, 0.2) is 56.9 Å². The third-order valence-corrected chi connectivity index (χ3v) is 6.09. The van der Waals surface area contributed by atoms with Gasteiger partial charge in [-0.1, -0.05) is 0 Å². The van der Waals surface area contributed by atoms with Crippen molar-refractivity contribution in [3.05, 3.63) is 48.4 Å². The molecule has 0 aliphatic rings. The number of hydrogen-bond acceptors (Lipinski definition) is 6. The van der Waals surface area contributed by atoms with Gasteiger partial charge >= 0.3 is 0 Å². The van der Waals surface area contributed by atoms with Crippen LogP contribution in [0.4, 0.5) is 0 Å². The Morgan fingerprint density at radius 3 is 2.08 bits per heavy atom. The van der Waals surface area contributed by atoms with Gasteiger partial charge in [-0.3, -0.25) is 4.90 Å². The summed E-state index contributed by atoms with van der Waals surface area (Å²) in [6.07, 6.45) is 2.60. The number of hydrogen-bond donors (Lipinski definition) is 1. The van der Waals surface area contributed by atoms with Gasteiger partial charge in [-0.25, -0.2) is 21.6 Å². The Balaban J connectivity index is 2.16. The van der Waals surface area contributed by atoms with Crippen molar-refractivity contribution in [1.82, 2.24) is 9.62 Å². The molecule has 1 atom stereocenters. The van der Waals surface area contributed by atoms with E-state index in [1.807, 2.05) is 19.0 Å². The minimum Gasteiger partial charge on any atom is -0.468 e. The molecule has 0 spiro atoms. The third-order valence-electron chi connectivity index (χ3n) is 3.52. The maximum absolute atomic E-state index is 12.4. The lowest BCUT2D eigenvalue weighted by Crippen LogP contribution is -2.34. The van der Waals surface area contributed by atoms with Crippen LogP contribution in [0.2, 0.25) is 0 Å². The quantitative estimate of drug-likeness (QED) is 0.786. The highest BCUT2D eigenvalue weighted by atomic mass is 32.2. The van der Waals surface area contributed by atoms with Crippen LogP contribution < -0.4 is 4.72 Å². The molecule has 7 nitrogen and oxygen atoms in total. The summed E-state index contributed by atoms with van der Waals surface area (Å²) >= 11 is 0. The number of furan rings is 1. The fraction of sp³-hybridized carbons (Fsp3) is 0.333. The van der Waals surface area contributed by atoms with Crippen molar-refractivity contribution >= 4 is 19.9 Å². The predicted molar refractivity (Wildman–Crippen MR) is 89.9 cm³/mol. The summed E-state index contributed by atoms with van der Waals surface area (Å²) in [5.74, 6) is 0.648. The second kappa shape index (κ2) is 7.06. The van der Waals surface area contributed by atoms with Gasteiger partial charge in [0.25, 0.3) is 0 Å². The number of rotatable bonds is 7. The molecule has 0 bridgehead atoms. The zero-order valence-corrected chi connectivity index (χ0v) is 15.3. The van der Waals surface area contributed by atoms with Crippen LogP contribution in [-0.2, 0) is 19.9 Å². The first-order valence-corrected chi connectivity index (χ1v) is 10.5. The Labute approximate surface area is 142 Å². The van der Waals surface area contributed by atoms with E-state index in [-0.39, 0.29) is 22.4 Å². The van der Waals surface area contributed by atoms with Crippen molar-refractivity contribution in [2.45, 2.75) is 15.8 Å². The number of benzene rings is 1. The molecule has 0 aliphatic heterocycles. The van der Waals surface area contributed by atoms with Crippen LogP contribution in [-0.4, -0.2) is 48.6 Å². The molecule has 1 heterocycles. The molecule has 132 valence electrons. The number of nitrogens with zero attached hydrogens (tertiary/aromatic N) is 1. The van der Waals surface area contributed by atoms with Crippen molar-refractivity contribution in [3.63, 3.8) is 0 Å². The van der Waals surface area contributed by atoms with Crippen LogP contribution in [0.3, 0.4) is 0 Å². The summed E-state index contributed by atoms with van der Waals surface area (Å²) in [6, 6.07) is 8.36. The normalized spacial score (nSPS) is 14.0. The number of nitrogens with one attached hydrogen (secondary N) is 1. The van der Waals surface area contributed by atoms with E-state index in [4.69, 9.17) is 4.42 Å². The first-order valence-electron chi connectivity index (χ1n) is 7.11. The topological polar surface area (TPSA) is 96.7 Å². The van der Waals surface area contributed by atoms with Crippen molar-refractivity contribution in [3.8, 4) is 0 Å². The average molecular weight is 372 g/mol. The molecule has 1 unspecified atom stereocenters. The predicted octanol–water partition coefficient (Wildman–Crippen LogP) is 1.26. The highest BCUT2D eigenvalue weighted by Crippen LogP contribution is 2.19. The first-order chi connectivity index (χ1) is 11.1. The Morgan fingerprint density at radius 1 is 1.04 bits per heavy atom. The van der Waals surface area contributed by atoms with Crippen LogP contribution in [0.1, 0.15) is 11.8 Å². The maximum Gasteiger partial charge on any atom is 0.240 e. The van der Waals surface area contributed by atoms with Crippen molar-refractivity contribution < 1.29 is 21.3 Å². The van der Waals surface area contributed by atoms with Crippen LogP contribution >= 0.6 is 0 Å². The van der Waals surface area contributed by atoms with E-state index < -0.39 is 19.9 Å². The van der Waals surface area contributed by atoms with Crippen LogP contribution in [0.25, 0.3) is 0 Å². The molecule has 1 N–H and O–H groups in total. The standard InChI is InChI=1S/C15H20N2O5S2/c1-17(2)14(15-5-4-10-22-15)11-16-24(20,21)13-8-6-12(7-9-13)23(3,18)19/h4-10,14,16H,11H2,1-3H3. The fourth-order valence-corrected chi connectivity index (χ4v) is 3.83. The molecule has 0 radical (unpaired) electrons. The molecule has 2 aromatic rings. The summed E-state index contributed by atoms with van der Waals surface area (Å²) in [7, 11) is -3.48. The lowest BCUT2D eigenvalue weighted by atomic mass is 10.2. The Morgan fingerprint density at radius 2 is 1.62 bits per heavy atom. The lowest BCUT2D eigenvalue weighted by molar-refractivity contribution is 0.259. The van der Waals surface area contributed by atoms with E-state index in [0.29, 0.717) is 5.76 Å². The molecule has 0 aliphatic carbocycles. The molecule has 0 saturated heterocycles. The zero-order valence-electron chi connectivity index (χ0n) is 13.6. The van der Waals surface area contributed by atoms with Gasteiger partial charge in [0.1, 0.15) is 5.76 Å². The van der Waals surface area contributed by atoms with Crippen molar-refractivity contribution in [2.24, 2.45) is 0 Å². The van der Waals surface area contributed by atoms with Crippen LogP contribution in [0.5, 0.6) is 0 Å². The van der Waals surface area contributed by atoms with Gasteiger partial charge in [-0.2, -0.15) is 0 Å². The molecule has 1 aromatic carbocycles. The fourth-order valence-electron chi connectivity index (χ4n) is 2.16. The molecule has 1 aromatic heterocycles. The number of sulfone groups is 1. The molecule has 24 heavy (non-hydrogen) atoms. The monoisotopic (exact) mass is 372 g/mol. The second-order valence-electron chi connectivity index (χ2n) is 5.59. The van der Waals surface area contributed by atoms with Gasteiger partial charge in [0.15, 0.2) is 9.84 Å². The van der Waals surface area contributed by atoms with Gasteiger partial charge in [0, 0.05) is 12.8 Å². The minimum absolute atomic E-state index is 0.00634.